The first kappa shape index (κ1) is 42.0. The second-order valence-corrected chi connectivity index (χ2v) is 13.7. The first-order valence-electron chi connectivity index (χ1n) is 17.5. The number of carbonyl (C=O) groups is 4. The number of benzene rings is 3. The zero-order chi connectivity index (χ0) is 41.7. The largest absolute Gasteiger partial charge is 0.538 e. The number of carboxylic acid groups (broad SMARTS) is 2. The molecule has 7 N–H and O–H groups in total. The molecule has 0 aliphatic carbocycles. The van der Waals surface area contributed by atoms with Gasteiger partial charge in [-0.05, 0) is 73.9 Å². The highest BCUT2D eigenvalue weighted by molar-refractivity contribution is 7.48. The minimum absolute atomic E-state index is 0.0143. The van der Waals surface area contributed by atoms with Crippen molar-refractivity contribution in [2.24, 2.45) is 0 Å². The van der Waals surface area contributed by atoms with E-state index < -0.39 is 49.6 Å². The fourth-order valence-electron chi connectivity index (χ4n) is 5.26. The average Bonchev–Trinajstić information content (AvgIpc) is 3.19. The Labute approximate surface area is 330 Å². The minimum Gasteiger partial charge on any atom is -0.481 e. The van der Waals surface area contributed by atoms with E-state index >= 15 is 0 Å². The van der Waals surface area contributed by atoms with E-state index in [2.05, 4.69) is 45.7 Å². The van der Waals surface area contributed by atoms with Gasteiger partial charge in [-0.1, -0.05) is 30.7 Å². The number of anilines is 4. The molecule has 19 nitrogen and oxygen atoms in total. The van der Waals surface area contributed by atoms with Gasteiger partial charge < -0.3 is 36.0 Å². The van der Waals surface area contributed by atoms with Crippen molar-refractivity contribution in [3.8, 4) is 12.5 Å². The van der Waals surface area contributed by atoms with Gasteiger partial charge in [-0.3, -0.25) is 33.2 Å². The molecule has 0 fully saturated rings. The third-order valence-electron chi connectivity index (χ3n) is 8.07. The number of H-pyrrole nitrogens is 1. The number of amides is 2. The van der Waals surface area contributed by atoms with Crippen molar-refractivity contribution in [1.29, 1.82) is 0 Å². The maximum atomic E-state index is 13.3. The fourth-order valence-corrected chi connectivity index (χ4v) is 6.20. The molecule has 5 rings (SSSR count). The van der Waals surface area contributed by atoms with E-state index in [9.17, 15) is 33.6 Å². The highest BCUT2D eigenvalue weighted by atomic mass is 31.2. The van der Waals surface area contributed by atoms with Crippen LogP contribution < -0.4 is 26.8 Å². The Morgan fingerprint density at radius 2 is 1.67 bits per heavy atom. The second-order valence-electron chi connectivity index (χ2n) is 12.2. The normalized spacial score (nSPS) is 12.3. The standard InChI is InChI=1S/C38H37N8O11P/c1-3-55-58(54,56-4-2)57-20-19-23-9-13-26(14-10-23)42-35(50)28-7-5-6-8-29(28)44-38-45-33-32(36(51)46-38)41-27(22-40-33)21-39-25-15-11-24(12-16-25)34(49)43-30(37(52)53)17-18-31(47)48/h1,5-16,22,30,39H,4,17-21H2,2H3,(H,42,50)(H,43,49)(H,47,48)(H,52,53)(H2,40,44,45,46,51)/t30-,58?/m0/s1. The molecule has 3 aromatic carbocycles. The number of aromatic amines is 1. The predicted molar refractivity (Wildman–Crippen MR) is 210 cm³/mol. The number of para-hydroxylation sites is 1. The van der Waals surface area contributed by atoms with Gasteiger partial charge in [0.2, 0.25) is 5.95 Å². The van der Waals surface area contributed by atoms with Gasteiger partial charge >= 0.3 is 19.8 Å². The van der Waals surface area contributed by atoms with Crippen LogP contribution >= 0.6 is 7.82 Å². The number of fused-ring (bicyclic) bond motifs is 1. The first-order chi connectivity index (χ1) is 27.9. The summed E-state index contributed by atoms with van der Waals surface area (Å²) in [6, 6.07) is 18.3. The lowest BCUT2D eigenvalue weighted by molar-refractivity contribution is -0.140. The van der Waals surface area contributed by atoms with Crippen LogP contribution in [0.1, 0.15) is 51.7 Å². The molecule has 2 heterocycles. The molecule has 0 saturated heterocycles. The number of hydrogen-bond acceptors (Lipinski definition) is 14. The number of nitrogens with one attached hydrogen (secondary N) is 5. The number of aliphatic carboxylic acids is 2. The Kier molecular flexibility index (Phi) is 14.2. The molecule has 0 spiro atoms. The molecular formula is C38H37N8O11P. The van der Waals surface area contributed by atoms with Gasteiger partial charge in [-0.25, -0.2) is 19.3 Å². The number of hydrogen-bond donors (Lipinski definition) is 7. The van der Waals surface area contributed by atoms with Gasteiger partial charge in [0.15, 0.2) is 11.2 Å². The molecule has 58 heavy (non-hydrogen) atoms. The van der Waals surface area contributed by atoms with Crippen LogP contribution in [-0.4, -0.2) is 73.2 Å². The number of carbonyl (C=O) groups excluding carboxylic acids is 2. The van der Waals surface area contributed by atoms with E-state index in [0.29, 0.717) is 29.2 Å². The lowest BCUT2D eigenvalue weighted by Gasteiger charge is -2.14. The van der Waals surface area contributed by atoms with E-state index in [0.717, 1.165) is 5.56 Å². The maximum absolute atomic E-state index is 13.3. The van der Waals surface area contributed by atoms with Crippen molar-refractivity contribution >= 4 is 65.8 Å². The number of nitrogens with zero attached hydrogens (tertiary/aromatic N) is 3. The van der Waals surface area contributed by atoms with Crippen molar-refractivity contribution in [2.45, 2.75) is 38.8 Å². The topological polar surface area (TPSA) is 273 Å². The van der Waals surface area contributed by atoms with Crippen molar-refractivity contribution in [2.75, 3.05) is 29.2 Å². The van der Waals surface area contributed by atoms with Crippen LogP contribution in [0.2, 0.25) is 0 Å². The summed E-state index contributed by atoms with van der Waals surface area (Å²) in [6.07, 6.45) is 8.00. The van der Waals surface area contributed by atoms with Crippen LogP contribution in [0, 0.1) is 12.5 Å². The Morgan fingerprint density at radius 3 is 2.36 bits per heavy atom. The second kappa shape index (κ2) is 19.6. The number of phosphoric ester groups is 1. The lowest BCUT2D eigenvalue weighted by Crippen LogP contribution is -2.41. The molecule has 300 valence electrons. The number of terminal acetylenes is 1. The summed E-state index contributed by atoms with van der Waals surface area (Å²) in [5.41, 5.74) is 2.50. The summed E-state index contributed by atoms with van der Waals surface area (Å²) < 4.78 is 27.3. The molecule has 1 unspecified atom stereocenters. The molecule has 2 atom stereocenters. The molecule has 0 aliphatic rings. The number of aromatic nitrogens is 4. The Bertz CT molecular complexity index is 2440. The molecule has 0 saturated carbocycles. The Balaban J connectivity index is 1.17. The van der Waals surface area contributed by atoms with Gasteiger partial charge in [0.05, 0.1) is 42.9 Å². The van der Waals surface area contributed by atoms with E-state index in [-0.39, 0.29) is 54.4 Å². The summed E-state index contributed by atoms with van der Waals surface area (Å²) in [6.45, 7) is 1.88. The third-order valence-corrected chi connectivity index (χ3v) is 9.47. The van der Waals surface area contributed by atoms with Crippen LogP contribution in [0.4, 0.5) is 23.0 Å². The van der Waals surface area contributed by atoms with Crippen LogP contribution in [0.15, 0.2) is 83.8 Å². The smallest absolute Gasteiger partial charge is 0.481 e. The van der Waals surface area contributed by atoms with Crippen molar-refractivity contribution in [3.05, 3.63) is 112 Å². The molecule has 0 bridgehead atoms. The van der Waals surface area contributed by atoms with E-state index in [1.807, 2.05) is 6.11 Å². The number of rotatable bonds is 20. The average molecular weight is 813 g/mol. The van der Waals surface area contributed by atoms with Crippen molar-refractivity contribution in [3.63, 3.8) is 0 Å². The summed E-state index contributed by atoms with van der Waals surface area (Å²) in [5.74, 6) is -3.62. The lowest BCUT2D eigenvalue weighted by atomic mass is 10.1. The van der Waals surface area contributed by atoms with Gasteiger partial charge in [0.1, 0.15) is 12.1 Å². The summed E-state index contributed by atoms with van der Waals surface area (Å²) in [4.78, 5) is 76.8. The van der Waals surface area contributed by atoms with Crippen LogP contribution in [0.5, 0.6) is 0 Å². The summed E-state index contributed by atoms with van der Waals surface area (Å²) in [5, 5.41) is 29.3. The number of phosphoric acid groups is 1. The molecule has 20 heteroatoms. The van der Waals surface area contributed by atoms with Gasteiger partial charge in [-0.15, -0.1) is 0 Å². The van der Waals surface area contributed by atoms with E-state index in [1.165, 1.54) is 18.3 Å². The third kappa shape index (κ3) is 11.7. The van der Waals surface area contributed by atoms with E-state index in [1.54, 1.807) is 67.6 Å². The van der Waals surface area contributed by atoms with Crippen molar-refractivity contribution in [1.82, 2.24) is 25.3 Å². The summed E-state index contributed by atoms with van der Waals surface area (Å²) >= 11 is 0. The summed E-state index contributed by atoms with van der Waals surface area (Å²) in [7, 11) is -3.85. The highest BCUT2D eigenvalue weighted by Crippen LogP contribution is 2.49. The fraction of sp³-hybridized carbons (Fsp3) is 0.211. The molecule has 5 aromatic rings. The predicted octanol–water partition coefficient (Wildman–Crippen LogP) is 4.68. The molecule has 2 amide bonds. The van der Waals surface area contributed by atoms with E-state index in [4.69, 9.17) is 20.6 Å². The maximum Gasteiger partial charge on any atom is 0.538 e. The Hall–Kier alpha value is -7.13. The first-order valence-corrected chi connectivity index (χ1v) is 19.0. The van der Waals surface area contributed by atoms with Gasteiger partial charge in [0.25, 0.3) is 17.4 Å². The molecule has 2 aromatic heterocycles. The Morgan fingerprint density at radius 1 is 0.948 bits per heavy atom. The minimum atomic E-state index is -3.85. The van der Waals surface area contributed by atoms with Crippen LogP contribution in [0.3, 0.4) is 0 Å². The molecule has 0 radical (unpaired) electrons. The molecular weight excluding hydrogens is 775 g/mol. The van der Waals surface area contributed by atoms with Crippen LogP contribution in [-0.2, 0) is 40.7 Å². The van der Waals surface area contributed by atoms with Crippen LogP contribution in [0.25, 0.3) is 11.2 Å². The van der Waals surface area contributed by atoms with Gasteiger partial charge in [-0.2, -0.15) is 4.98 Å². The zero-order valence-corrected chi connectivity index (χ0v) is 31.7. The quantitative estimate of drug-likeness (QED) is 0.0415. The van der Waals surface area contributed by atoms with Crippen molar-refractivity contribution < 1.29 is 47.5 Å². The number of carboxylic acids is 2. The van der Waals surface area contributed by atoms with Gasteiger partial charge in [0, 0.05) is 23.4 Å². The molecule has 0 aliphatic heterocycles. The monoisotopic (exact) mass is 812 g/mol. The SMILES string of the molecule is C#COP(=O)(OCC)OCCc1ccc(NC(=O)c2ccccc2Nc2nc3ncc(CNc4ccc(C(=O)N[C@@H](CCC(=O)O)C(=O)O)cc4)nc3c(=O)[nH]2)cc1. The highest BCUT2D eigenvalue weighted by Gasteiger charge is 2.26. The zero-order valence-electron chi connectivity index (χ0n) is 30.8.